The average Bonchev–Trinajstić information content (AvgIpc) is 2.15. The summed E-state index contributed by atoms with van der Waals surface area (Å²) in [6, 6.07) is 0.278. The quantitative estimate of drug-likeness (QED) is 0.508. The van der Waals surface area contributed by atoms with Crippen molar-refractivity contribution in [3.63, 3.8) is 0 Å². The van der Waals surface area contributed by atoms with E-state index >= 15 is 0 Å². The number of thioether (sulfide) groups is 1. The highest BCUT2D eigenvalue weighted by Gasteiger charge is 2.14. The third kappa shape index (κ3) is 2.69. The van der Waals surface area contributed by atoms with Gasteiger partial charge in [0.05, 0.1) is 18.9 Å². The summed E-state index contributed by atoms with van der Waals surface area (Å²) in [5, 5.41) is 0. The molecule has 3 N–H and O–H groups in total. The zero-order chi connectivity index (χ0) is 8.81. The van der Waals surface area contributed by atoms with Crippen molar-refractivity contribution < 1.29 is 4.74 Å². The second-order valence-electron chi connectivity index (χ2n) is 2.84. The predicted octanol–water partition coefficient (Wildman–Crippen LogP) is 0.876. The van der Waals surface area contributed by atoms with Crippen LogP contribution < -0.4 is 11.3 Å². The molecule has 0 saturated heterocycles. The van der Waals surface area contributed by atoms with Crippen LogP contribution in [0.1, 0.15) is 12.8 Å². The summed E-state index contributed by atoms with van der Waals surface area (Å²) in [6.45, 7) is 0.847. The lowest BCUT2D eigenvalue weighted by atomic mass is 10.0. The molecule has 0 aromatic rings. The highest BCUT2D eigenvalue weighted by molar-refractivity contribution is 7.98. The van der Waals surface area contributed by atoms with E-state index in [1.165, 1.54) is 5.57 Å². The van der Waals surface area contributed by atoms with Gasteiger partial charge in [0.25, 0.3) is 0 Å². The van der Waals surface area contributed by atoms with Crippen molar-refractivity contribution in [1.82, 2.24) is 5.43 Å². The Bertz CT molecular complexity index is 161. The van der Waals surface area contributed by atoms with Gasteiger partial charge in [-0.15, -0.1) is 0 Å². The number of rotatable bonds is 4. The van der Waals surface area contributed by atoms with Crippen LogP contribution in [0.3, 0.4) is 0 Å². The molecule has 1 aliphatic rings. The number of ether oxygens (including phenoxy) is 1. The standard InChI is InChI=1S/C8H16N2OS/c1-12-6-8(10-9)7-3-2-4-11-5-7/h5,8,10H,2-4,6,9H2,1H3. The Hall–Kier alpha value is -0.190. The van der Waals surface area contributed by atoms with Crippen molar-refractivity contribution in [2.45, 2.75) is 18.9 Å². The molecule has 0 bridgehead atoms. The van der Waals surface area contributed by atoms with Crippen LogP contribution in [0.5, 0.6) is 0 Å². The molecule has 4 heteroatoms. The molecule has 1 rings (SSSR count). The Morgan fingerprint density at radius 1 is 1.83 bits per heavy atom. The Morgan fingerprint density at radius 3 is 3.17 bits per heavy atom. The topological polar surface area (TPSA) is 47.3 Å². The van der Waals surface area contributed by atoms with Crippen molar-refractivity contribution >= 4 is 11.8 Å². The first-order valence-electron chi connectivity index (χ1n) is 4.14. The van der Waals surface area contributed by atoms with E-state index in [1.807, 2.05) is 6.26 Å². The fourth-order valence-electron chi connectivity index (χ4n) is 1.27. The zero-order valence-corrected chi connectivity index (χ0v) is 8.19. The summed E-state index contributed by atoms with van der Waals surface area (Å²) in [6.07, 6.45) is 6.15. The number of hydrogen-bond donors (Lipinski definition) is 2. The first kappa shape index (κ1) is 9.89. The van der Waals surface area contributed by atoms with E-state index in [9.17, 15) is 0 Å². The summed E-state index contributed by atoms with van der Waals surface area (Å²) in [5.74, 6) is 6.44. The normalized spacial score (nSPS) is 19.7. The van der Waals surface area contributed by atoms with Crippen LogP contribution in [-0.2, 0) is 4.74 Å². The fraction of sp³-hybridized carbons (Fsp3) is 0.750. The van der Waals surface area contributed by atoms with Crippen molar-refractivity contribution in [3.05, 3.63) is 11.8 Å². The SMILES string of the molecule is CSCC(NN)C1=COCCC1. The summed E-state index contributed by atoms with van der Waals surface area (Å²) in [7, 11) is 0. The Balaban J connectivity index is 2.45. The molecule has 0 saturated carbocycles. The van der Waals surface area contributed by atoms with E-state index in [1.54, 1.807) is 11.8 Å². The monoisotopic (exact) mass is 188 g/mol. The minimum absolute atomic E-state index is 0.278. The molecule has 0 amide bonds. The molecule has 1 aliphatic heterocycles. The second kappa shape index (κ2) is 5.45. The maximum Gasteiger partial charge on any atom is 0.0876 e. The van der Waals surface area contributed by atoms with Gasteiger partial charge in [-0.1, -0.05) is 0 Å². The van der Waals surface area contributed by atoms with Gasteiger partial charge in [0, 0.05) is 5.75 Å². The Kier molecular flexibility index (Phi) is 4.50. The first-order valence-corrected chi connectivity index (χ1v) is 5.53. The molecule has 1 heterocycles. The van der Waals surface area contributed by atoms with Gasteiger partial charge < -0.3 is 4.74 Å². The lowest BCUT2D eigenvalue weighted by molar-refractivity contribution is 0.220. The van der Waals surface area contributed by atoms with Crippen LogP contribution in [0.4, 0.5) is 0 Å². The molecule has 12 heavy (non-hydrogen) atoms. The van der Waals surface area contributed by atoms with Gasteiger partial charge in [-0.2, -0.15) is 11.8 Å². The second-order valence-corrected chi connectivity index (χ2v) is 3.75. The molecular weight excluding hydrogens is 172 g/mol. The van der Waals surface area contributed by atoms with Crippen LogP contribution in [0.15, 0.2) is 11.8 Å². The van der Waals surface area contributed by atoms with Gasteiger partial charge in [0.15, 0.2) is 0 Å². The third-order valence-electron chi connectivity index (χ3n) is 1.94. The molecule has 0 aliphatic carbocycles. The summed E-state index contributed by atoms with van der Waals surface area (Å²) in [5.41, 5.74) is 4.09. The fourth-order valence-corrected chi connectivity index (χ4v) is 1.91. The molecule has 70 valence electrons. The molecule has 1 unspecified atom stereocenters. The van der Waals surface area contributed by atoms with Crippen molar-refractivity contribution in [3.8, 4) is 0 Å². The minimum atomic E-state index is 0.278. The van der Waals surface area contributed by atoms with E-state index in [0.717, 1.165) is 25.2 Å². The lowest BCUT2D eigenvalue weighted by Gasteiger charge is -2.21. The average molecular weight is 188 g/mol. The van der Waals surface area contributed by atoms with Gasteiger partial charge in [-0.05, 0) is 24.7 Å². The number of nitrogens with two attached hydrogens (primary N) is 1. The van der Waals surface area contributed by atoms with E-state index in [0.29, 0.717) is 0 Å². The maximum atomic E-state index is 5.43. The molecule has 0 radical (unpaired) electrons. The van der Waals surface area contributed by atoms with Gasteiger partial charge >= 0.3 is 0 Å². The van der Waals surface area contributed by atoms with E-state index in [2.05, 4.69) is 11.7 Å². The Morgan fingerprint density at radius 2 is 2.67 bits per heavy atom. The van der Waals surface area contributed by atoms with E-state index < -0.39 is 0 Å². The minimum Gasteiger partial charge on any atom is -0.501 e. The molecule has 0 fully saturated rings. The van der Waals surface area contributed by atoms with Crippen LogP contribution in [0.2, 0.25) is 0 Å². The van der Waals surface area contributed by atoms with Gasteiger partial charge in [-0.25, -0.2) is 0 Å². The van der Waals surface area contributed by atoms with Crippen LogP contribution in [0, 0.1) is 0 Å². The highest BCUT2D eigenvalue weighted by Crippen LogP contribution is 2.17. The van der Waals surface area contributed by atoms with Crippen LogP contribution in [0.25, 0.3) is 0 Å². The van der Waals surface area contributed by atoms with Crippen LogP contribution >= 0.6 is 11.8 Å². The molecule has 1 atom stereocenters. The predicted molar refractivity (Wildman–Crippen MR) is 52.8 cm³/mol. The van der Waals surface area contributed by atoms with Crippen LogP contribution in [-0.4, -0.2) is 24.7 Å². The number of hydrogen-bond acceptors (Lipinski definition) is 4. The lowest BCUT2D eigenvalue weighted by Crippen LogP contribution is -2.39. The van der Waals surface area contributed by atoms with E-state index in [4.69, 9.17) is 10.6 Å². The first-order chi connectivity index (χ1) is 5.88. The Labute approximate surface area is 77.7 Å². The van der Waals surface area contributed by atoms with E-state index in [-0.39, 0.29) is 6.04 Å². The smallest absolute Gasteiger partial charge is 0.0876 e. The summed E-state index contributed by atoms with van der Waals surface area (Å²) >= 11 is 1.79. The highest BCUT2D eigenvalue weighted by atomic mass is 32.2. The molecule has 0 spiro atoms. The zero-order valence-electron chi connectivity index (χ0n) is 7.38. The van der Waals surface area contributed by atoms with Gasteiger partial charge in [-0.3, -0.25) is 11.3 Å². The largest absolute Gasteiger partial charge is 0.501 e. The summed E-state index contributed by atoms with van der Waals surface area (Å²) < 4.78 is 5.24. The molecule has 0 aromatic heterocycles. The number of hydrazine groups is 1. The molecule has 3 nitrogen and oxygen atoms in total. The summed E-state index contributed by atoms with van der Waals surface area (Å²) in [4.78, 5) is 0. The van der Waals surface area contributed by atoms with Crippen molar-refractivity contribution in [2.24, 2.45) is 5.84 Å². The van der Waals surface area contributed by atoms with Crippen molar-refractivity contribution in [2.75, 3.05) is 18.6 Å². The third-order valence-corrected chi connectivity index (χ3v) is 2.61. The molecule has 0 aromatic carbocycles. The molecular formula is C8H16N2OS. The van der Waals surface area contributed by atoms with Crippen molar-refractivity contribution in [1.29, 1.82) is 0 Å². The maximum absolute atomic E-state index is 5.43. The van der Waals surface area contributed by atoms with Gasteiger partial charge in [0.2, 0.25) is 0 Å². The number of nitrogens with one attached hydrogen (secondary N) is 1. The van der Waals surface area contributed by atoms with Gasteiger partial charge in [0.1, 0.15) is 0 Å².